The van der Waals surface area contributed by atoms with E-state index < -0.39 is 54.0 Å². The van der Waals surface area contributed by atoms with Gasteiger partial charge in [0.2, 0.25) is 0 Å². The van der Waals surface area contributed by atoms with E-state index in [4.69, 9.17) is 19.6 Å². The molecule has 0 bridgehead atoms. The molecule has 3 saturated heterocycles. The highest BCUT2D eigenvalue weighted by atomic mass is 19.1. The van der Waals surface area contributed by atoms with E-state index in [1.54, 1.807) is 15.9 Å². The molecule has 4 aromatic rings. The Morgan fingerprint density at radius 3 is 2.87 bits per heavy atom. The van der Waals surface area contributed by atoms with E-state index in [0.29, 0.717) is 37.6 Å². The van der Waals surface area contributed by atoms with Gasteiger partial charge in [-0.25, -0.2) is 17.6 Å². The van der Waals surface area contributed by atoms with Crippen LogP contribution in [0.4, 0.5) is 29.1 Å². The molecule has 1 saturated carbocycles. The van der Waals surface area contributed by atoms with Gasteiger partial charge in [0, 0.05) is 54.2 Å². The van der Waals surface area contributed by atoms with Crippen LogP contribution in [-0.4, -0.2) is 70.0 Å². The maximum absolute atomic E-state index is 17.0. The van der Waals surface area contributed by atoms with Crippen molar-refractivity contribution in [3.63, 3.8) is 0 Å². The minimum Gasteiger partial charge on any atom is -0.461 e. The van der Waals surface area contributed by atoms with Gasteiger partial charge in [-0.15, -0.1) is 6.42 Å². The number of benzene rings is 2. The Morgan fingerprint density at radius 2 is 2.06 bits per heavy atom. The maximum atomic E-state index is 17.0. The summed E-state index contributed by atoms with van der Waals surface area (Å²) in [6.07, 6.45) is 6.16. The van der Waals surface area contributed by atoms with E-state index in [9.17, 15) is 14.0 Å². The number of hydrogen-bond acceptors (Lipinski definition) is 8. The van der Waals surface area contributed by atoms with Gasteiger partial charge in [-0.05, 0) is 55.8 Å². The average molecular weight is 644 g/mol. The van der Waals surface area contributed by atoms with Crippen LogP contribution in [0.2, 0.25) is 0 Å². The Kier molecular flexibility index (Phi) is 6.39. The summed E-state index contributed by atoms with van der Waals surface area (Å²) in [5.74, 6) is -0.0694. The lowest BCUT2D eigenvalue weighted by Gasteiger charge is -2.31. The molecular formula is C35H31F4N7O. The van der Waals surface area contributed by atoms with E-state index in [2.05, 4.69) is 26.9 Å². The van der Waals surface area contributed by atoms with Gasteiger partial charge < -0.3 is 15.4 Å². The number of terminal acetylenes is 1. The molecule has 8 nitrogen and oxygen atoms in total. The van der Waals surface area contributed by atoms with E-state index in [1.165, 1.54) is 24.4 Å². The summed E-state index contributed by atoms with van der Waals surface area (Å²) in [6, 6.07) is 6.75. The van der Waals surface area contributed by atoms with Crippen LogP contribution in [0.15, 0.2) is 30.5 Å². The first-order valence-corrected chi connectivity index (χ1v) is 15.7. The van der Waals surface area contributed by atoms with Crippen molar-refractivity contribution < 1.29 is 25.0 Å². The van der Waals surface area contributed by atoms with Gasteiger partial charge in [0.05, 0.1) is 31.3 Å². The van der Waals surface area contributed by atoms with Crippen molar-refractivity contribution in [2.45, 2.75) is 56.0 Å². The van der Waals surface area contributed by atoms with E-state index >= 15 is 8.78 Å². The molecular weight excluding hydrogens is 610 g/mol. The quantitative estimate of drug-likeness (QED) is 0.167. The summed E-state index contributed by atoms with van der Waals surface area (Å²) in [5.41, 5.74) is 4.58. The topological polar surface area (TPSA) is 104 Å². The molecule has 2 aromatic heterocycles. The molecule has 4 aliphatic rings. The van der Waals surface area contributed by atoms with Crippen LogP contribution in [0.5, 0.6) is 6.01 Å². The summed E-state index contributed by atoms with van der Waals surface area (Å²) in [4.78, 5) is 16.7. The number of anilines is 2. The Balaban J connectivity index is 1.32. The molecule has 2 N–H and O–H groups in total. The zero-order chi connectivity index (χ0) is 34.4. The molecule has 8 rings (SSSR count). The third-order valence-corrected chi connectivity index (χ3v) is 10.2. The molecule has 0 radical (unpaired) electrons. The summed E-state index contributed by atoms with van der Waals surface area (Å²) in [5, 5.41) is 10.4. The number of nitrogens with two attached hydrogens (primary N) is 1. The zero-order valence-electron chi connectivity index (χ0n) is 27.2. The van der Waals surface area contributed by atoms with Gasteiger partial charge in [0.25, 0.3) is 0 Å². The first-order valence-electron chi connectivity index (χ1n) is 16.7. The van der Waals surface area contributed by atoms with Crippen LogP contribution < -0.4 is 15.4 Å². The molecule has 1 aliphatic carbocycles. The lowest BCUT2D eigenvalue weighted by molar-refractivity contribution is 0.107. The van der Waals surface area contributed by atoms with E-state index in [1.807, 2.05) is 0 Å². The highest BCUT2D eigenvalue weighted by molar-refractivity contribution is 6.03. The number of alkyl halides is 2. The smallest absolute Gasteiger partial charge is 0.319 e. The SMILES string of the molecule is [2H]C([2H])(Oc1nc(N2CC[C@H](C#N)C[C@H]3[C@H](F)[C@H]32)c2cnc(-c3cc(N)cc4ccc(F)c(C#C)c34)c(F)c2n1)[C@@]12CCCN1C[C@H](F)C2. The number of pyridine rings is 1. The van der Waals surface area contributed by atoms with Crippen molar-refractivity contribution in [2.24, 2.45) is 11.8 Å². The fraction of sp³-hybridized carbons (Fsp3) is 0.429. The Labute approximate surface area is 271 Å². The largest absolute Gasteiger partial charge is 0.461 e. The van der Waals surface area contributed by atoms with Crippen LogP contribution in [0.3, 0.4) is 0 Å². The lowest BCUT2D eigenvalue weighted by Crippen LogP contribution is -2.43. The van der Waals surface area contributed by atoms with Crippen LogP contribution in [-0.2, 0) is 0 Å². The predicted molar refractivity (Wildman–Crippen MR) is 169 cm³/mol. The van der Waals surface area contributed by atoms with Crippen LogP contribution in [0.1, 0.15) is 40.4 Å². The summed E-state index contributed by atoms with van der Waals surface area (Å²) in [7, 11) is 0. The second-order valence-corrected chi connectivity index (χ2v) is 13.0. The Bertz CT molecular complexity index is 2120. The molecule has 5 heterocycles. The Hall–Kier alpha value is -4.68. The number of aromatic nitrogens is 3. The first kappa shape index (κ1) is 27.4. The predicted octanol–water partition coefficient (Wildman–Crippen LogP) is 5.72. The van der Waals surface area contributed by atoms with Crippen molar-refractivity contribution in [3.05, 3.63) is 47.7 Å². The standard InChI is InChI=1S/C35H31F4N7O/c1-2-22-26(37)5-4-19-11-21(41)12-23(27(19)22)30-29(39)31-25(15-42-30)33(46-9-6-18(14-40)10-24-28(38)32(24)46)44-34(43-31)47-17-35-7-3-8-45(35)16-20(36)13-35/h1,4-5,11-12,15,18,20,24,28,32H,3,6-10,13,16-17,41H2/t18-,20+,24-,28-,32-,35-/m0/s1/i17D2. The highest BCUT2D eigenvalue weighted by Crippen LogP contribution is 2.49. The van der Waals surface area contributed by atoms with Gasteiger partial charge in [-0.2, -0.15) is 15.2 Å². The fourth-order valence-corrected chi connectivity index (χ4v) is 7.91. The molecule has 6 atom stereocenters. The van der Waals surface area contributed by atoms with E-state index in [0.717, 1.165) is 0 Å². The number of nitrogens with zero attached hydrogens (tertiary/aromatic N) is 6. The third kappa shape index (κ3) is 4.72. The Morgan fingerprint density at radius 1 is 1.21 bits per heavy atom. The molecule has 12 heteroatoms. The molecule has 3 aliphatic heterocycles. The number of nitrogen functional groups attached to an aromatic ring is 1. The molecule has 2 aromatic carbocycles. The monoisotopic (exact) mass is 643 g/mol. The third-order valence-electron chi connectivity index (χ3n) is 10.2. The van der Waals surface area contributed by atoms with Crippen molar-refractivity contribution >= 4 is 33.2 Å². The second kappa shape index (κ2) is 11.0. The molecule has 0 spiro atoms. The highest BCUT2D eigenvalue weighted by Gasteiger charge is 2.57. The van der Waals surface area contributed by atoms with E-state index in [-0.39, 0.29) is 70.0 Å². The number of nitriles is 1. The van der Waals surface area contributed by atoms with Crippen LogP contribution in [0.25, 0.3) is 32.9 Å². The van der Waals surface area contributed by atoms with Crippen molar-refractivity contribution in [1.29, 1.82) is 5.26 Å². The van der Waals surface area contributed by atoms with Gasteiger partial charge in [0.1, 0.15) is 41.7 Å². The summed E-state index contributed by atoms with van der Waals surface area (Å²) >= 11 is 0. The van der Waals surface area contributed by atoms with Gasteiger partial charge in [-0.3, -0.25) is 9.88 Å². The first-order chi connectivity index (χ1) is 23.5. The average Bonchev–Trinajstić information content (AvgIpc) is 3.37. The molecule has 0 unspecified atom stereocenters. The number of halogens is 4. The minimum atomic E-state index is -2.49. The van der Waals surface area contributed by atoms with Crippen LogP contribution in [0, 0.1) is 47.1 Å². The zero-order valence-corrected chi connectivity index (χ0v) is 25.2. The van der Waals surface area contributed by atoms with Gasteiger partial charge in [0.15, 0.2) is 5.82 Å². The number of rotatable bonds is 5. The van der Waals surface area contributed by atoms with Gasteiger partial charge in [-0.1, -0.05) is 12.0 Å². The number of ether oxygens (including phenoxy) is 1. The normalized spacial score (nSPS) is 29.4. The van der Waals surface area contributed by atoms with Crippen molar-refractivity contribution in [3.8, 4) is 35.7 Å². The summed E-state index contributed by atoms with van der Waals surface area (Å²) < 4.78 is 85.8. The molecule has 4 fully saturated rings. The minimum absolute atomic E-state index is 0.0690. The second-order valence-electron chi connectivity index (χ2n) is 13.0. The fourth-order valence-electron chi connectivity index (χ4n) is 7.91. The molecule has 0 amide bonds. The summed E-state index contributed by atoms with van der Waals surface area (Å²) in [6.45, 7) is -1.70. The maximum Gasteiger partial charge on any atom is 0.319 e. The number of fused-ring (bicyclic) bond motifs is 4. The van der Waals surface area contributed by atoms with Crippen molar-refractivity contribution in [1.82, 2.24) is 19.9 Å². The molecule has 240 valence electrons. The number of hydrogen-bond donors (Lipinski definition) is 1. The van der Waals surface area contributed by atoms with Crippen LogP contribution >= 0.6 is 0 Å². The molecule has 47 heavy (non-hydrogen) atoms. The van der Waals surface area contributed by atoms with Gasteiger partial charge >= 0.3 is 6.01 Å². The lowest BCUT2D eigenvalue weighted by atomic mass is 9.95. The van der Waals surface area contributed by atoms with Crippen molar-refractivity contribution in [2.75, 3.05) is 36.8 Å².